The third kappa shape index (κ3) is 3.55. The minimum absolute atomic E-state index is 0.118. The average Bonchev–Trinajstić information content (AvgIpc) is 2.19. The molecule has 1 heterocycles. The molecule has 0 saturated heterocycles. The molecule has 72 valence electrons. The highest BCUT2D eigenvalue weighted by atomic mass is 14.8. The molecular formula is C11H18N2. The highest BCUT2D eigenvalue weighted by Crippen LogP contribution is 2.14. The Hall–Kier alpha value is -0.890. The van der Waals surface area contributed by atoms with Crippen molar-refractivity contribution in [3.8, 4) is 0 Å². The summed E-state index contributed by atoms with van der Waals surface area (Å²) in [6.07, 6.45) is 6.56. The van der Waals surface area contributed by atoms with Crippen molar-refractivity contribution < 1.29 is 0 Å². The van der Waals surface area contributed by atoms with E-state index in [2.05, 4.69) is 11.9 Å². The molecule has 1 rings (SSSR count). The van der Waals surface area contributed by atoms with Gasteiger partial charge in [0, 0.05) is 12.2 Å². The molecule has 1 aromatic heterocycles. The van der Waals surface area contributed by atoms with Crippen LogP contribution in [-0.4, -0.2) is 4.98 Å². The van der Waals surface area contributed by atoms with Gasteiger partial charge in [0.2, 0.25) is 0 Å². The van der Waals surface area contributed by atoms with E-state index in [1.165, 1.54) is 19.3 Å². The number of unbranched alkanes of at least 4 members (excludes halogenated alkanes) is 2. The number of rotatable bonds is 5. The summed E-state index contributed by atoms with van der Waals surface area (Å²) in [7, 11) is 0. The zero-order valence-corrected chi connectivity index (χ0v) is 8.24. The van der Waals surface area contributed by atoms with E-state index in [4.69, 9.17) is 5.73 Å². The first-order chi connectivity index (χ1) is 6.34. The molecule has 0 aliphatic heterocycles. The molecule has 2 N–H and O–H groups in total. The van der Waals surface area contributed by atoms with Crippen LogP contribution in [-0.2, 0) is 0 Å². The van der Waals surface area contributed by atoms with Crippen molar-refractivity contribution in [2.24, 2.45) is 5.73 Å². The molecule has 1 atom stereocenters. The standard InChI is InChI=1S/C11H18N2/c1-2-3-4-7-10(12)11-8-5-6-9-13-11/h5-6,8-10H,2-4,7,12H2,1H3/t10-/m0/s1. The van der Waals surface area contributed by atoms with Gasteiger partial charge in [0.05, 0.1) is 5.69 Å². The van der Waals surface area contributed by atoms with Gasteiger partial charge in [-0.15, -0.1) is 0 Å². The van der Waals surface area contributed by atoms with E-state index in [9.17, 15) is 0 Å². The minimum Gasteiger partial charge on any atom is -0.323 e. The fourth-order valence-electron chi connectivity index (χ4n) is 1.36. The lowest BCUT2D eigenvalue weighted by Gasteiger charge is -2.09. The molecule has 2 nitrogen and oxygen atoms in total. The van der Waals surface area contributed by atoms with Crippen LogP contribution < -0.4 is 5.73 Å². The molecule has 0 fully saturated rings. The van der Waals surface area contributed by atoms with Crippen LogP contribution >= 0.6 is 0 Å². The number of pyridine rings is 1. The van der Waals surface area contributed by atoms with Crippen LogP contribution in [0.25, 0.3) is 0 Å². The van der Waals surface area contributed by atoms with Gasteiger partial charge in [0.1, 0.15) is 0 Å². The smallest absolute Gasteiger partial charge is 0.0570 e. The summed E-state index contributed by atoms with van der Waals surface area (Å²) in [5.74, 6) is 0. The van der Waals surface area contributed by atoms with E-state index in [0.717, 1.165) is 12.1 Å². The average molecular weight is 178 g/mol. The van der Waals surface area contributed by atoms with Gasteiger partial charge < -0.3 is 5.73 Å². The molecule has 0 aliphatic carbocycles. The summed E-state index contributed by atoms with van der Waals surface area (Å²) in [4.78, 5) is 4.23. The number of aromatic nitrogens is 1. The van der Waals surface area contributed by atoms with E-state index >= 15 is 0 Å². The van der Waals surface area contributed by atoms with Crippen LogP contribution in [0.4, 0.5) is 0 Å². The highest BCUT2D eigenvalue weighted by molar-refractivity contribution is 5.07. The molecule has 0 saturated carbocycles. The second-order valence-corrected chi connectivity index (χ2v) is 3.36. The van der Waals surface area contributed by atoms with Crippen LogP contribution in [0, 0.1) is 0 Å². The van der Waals surface area contributed by atoms with Crippen molar-refractivity contribution in [1.82, 2.24) is 4.98 Å². The Morgan fingerprint density at radius 2 is 2.23 bits per heavy atom. The molecule has 0 bridgehead atoms. The fraction of sp³-hybridized carbons (Fsp3) is 0.545. The SMILES string of the molecule is CCCCC[C@H](N)c1ccccn1. The first kappa shape index (κ1) is 10.2. The quantitative estimate of drug-likeness (QED) is 0.704. The van der Waals surface area contributed by atoms with Crippen LogP contribution in [0.5, 0.6) is 0 Å². The van der Waals surface area contributed by atoms with Crippen molar-refractivity contribution in [3.05, 3.63) is 30.1 Å². The summed E-state index contributed by atoms with van der Waals surface area (Å²) in [6, 6.07) is 6.02. The predicted molar refractivity (Wildman–Crippen MR) is 55.3 cm³/mol. The molecule has 0 aromatic carbocycles. The summed E-state index contributed by atoms with van der Waals surface area (Å²) in [5.41, 5.74) is 6.99. The Bertz CT molecular complexity index is 221. The van der Waals surface area contributed by atoms with Gasteiger partial charge in [-0.05, 0) is 18.6 Å². The summed E-state index contributed by atoms with van der Waals surface area (Å²) < 4.78 is 0. The van der Waals surface area contributed by atoms with Crippen molar-refractivity contribution in [2.45, 2.75) is 38.6 Å². The Morgan fingerprint density at radius 3 is 2.85 bits per heavy atom. The first-order valence-electron chi connectivity index (χ1n) is 5.01. The van der Waals surface area contributed by atoms with Crippen LogP contribution in [0.3, 0.4) is 0 Å². The fourth-order valence-corrected chi connectivity index (χ4v) is 1.36. The minimum atomic E-state index is 0.118. The number of nitrogens with two attached hydrogens (primary N) is 1. The zero-order chi connectivity index (χ0) is 9.52. The Morgan fingerprint density at radius 1 is 1.38 bits per heavy atom. The molecule has 2 heteroatoms. The monoisotopic (exact) mass is 178 g/mol. The van der Waals surface area contributed by atoms with E-state index in [1.54, 1.807) is 6.20 Å². The van der Waals surface area contributed by atoms with Gasteiger partial charge in [-0.25, -0.2) is 0 Å². The molecule has 0 unspecified atom stereocenters. The third-order valence-corrected chi connectivity index (χ3v) is 2.19. The van der Waals surface area contributed by atoms with Crippen molar-refractivity contribution in [2.75, 3.05) is 0 Å². The summed E-state index contributed by atoms with van der Waals surface area (Å²) >= 11 is 0. The van der Waals surface area contributed by atoms with Crippen molar-refractivity contribution in [3.63, 3.8) is 0 Å². The van der Waals surface area contributed by atoms with Gasteiger partial charge in [-0.1, -0.05) is 32.3 Å². The lowest BCUT2D eigenvalue weighted by atomic mass is 10.1. The normalized spacial score (nSPS) is 12.8. The number of nitrogens with zero attached hydrogens (tertiary/aromatic N) is 1. The lowest BCUT2D eigenvalue weighted by Crippen LogP contribution is -2.11. The zero-order valence-electron chi connectivity index (χ0n) is 8.24. The molecule has 0 spiro atoms. The topological polar surface area (TPSA) is 38.9 Å². The Labute approximate surface area is 80.2 Å². The third-order valence-electron chi connectivity index (χ3n) is 2.19. The predicted octanol–water partition coefficient (Wildman–Crippen LogP) is 2.66. The second kappa shape index (κ2) is 5.70. The first-order valence-corrected chi connectivity index (χ1v) is 5.01. The number of hydrogen-bond acceptors (Lipinski definition) is 2. The van der Waals surface area contributed by atoms with Gasteiger partial charge in [-0.2, -0.15) is 0 Å². The van der Waals surface area contributed by atoms with E-state index < -0.39 is 0 Å². The maximum Gasteiger partial charge on any atom is 0.0570 e. The van der Waals surface area contributed by atoms with Gasteiger partial charge >= 0.3 is 0 Å². The molecule has 13 heavy (non-hydrogen) atoms. The van der Waals surface area contributed by atoms with Crippen LogP contribution in [0.15, 0.2) is 24.4 Å². The van der Waals surface area contributed by atoms with Crippen molar-refractivity contribution in [1.29, 1.82) is 0 Å². The number of hydrogen-bond donors (Lipinski definition) is 1. The highest BCUT2D eigenvalue weighted by Gasteiger charge is 2.04. The van der Waals surface area contributed by atoms with Gasteiger partial charge in [0.15, 0.2) is 0 Å². The summed E-state index contributed by atoms with van der Waals surface area (Å²) in [6.45, 7) is 2.20. The summed E-state index contributed by atoms with van der Waals surface area (Å²) in [5, 5.41) is 0. The second-order valence-electron chi connectivity index (χ2n) is 3.36. The van der Waals surface area contributed by atoms with Crippen molar-refractivity contribution >= 4 is 0 Å². The van der Waals surface area contributed by atoms with Gasteiger partial charge in [-0.3, -0.25) is 4.98 Å². The largest absolute Gasteiger partial charge is 0.323 e. The van der Waals surface area contributed by atoms with Gasteiger partial charge in [0.25, 0.3) is 0 Å². The molecule has 0 amide bonds. The lowest BCUT2D eigenvalue weighted by molar-refractivity contribution is 0.571. The molecule has 1 aromatic rings. The molecular weight excluding hydrogens is 160 g/mol. The maximum absolute atomic E-state index is 5.97. The Kier molecular flexibility index (Phi) is 4.47. The van der Waals surface area contributed by atoms with Crippen LogP contribution in [0.1, 0.15) is 44.3 Å². The molecule has 0 radical (unpaired) electrons. The maximum atomic E-state index is 5.97. The van der Waals surface area contributed by atoms with E-state index in [0.29, 0.717) is 0 Å². The van der Waals surface area contributed by atoms with Crippen LogP contribution in [0.2, 0.25) is 0 Å². The Balaban J connectivity index is 2.35. The van der Waals surface area contributed by atoms with E-state index in [-0.39, 0.29) is 6.04 Å². The molecule has 0 aliphatic rings. The van der Waals surface area contributed by atoms with E-state index in [1.807, 2.05) is 18.2 Å².